The van der Waals surface area contributed by atoms with Crippen molar-refractivity contribution in [2.24, 2.45) is 5.92 Å². The Kier molecular flexibility index (Phi) is 3.32. The smallest absolute Gasteiger partial charge is 0.139 e. The van der Waals surface area contributed by atoms with Crippen LogP contribution in [0.3, 0.4) is 0 Å². The highest BCUT2D eigenvalue weighted by molar-refractivity contribution is 5.87. The molecule has 0 radical (unpaired) electrons. The van der Waals surface area contributed by atoms with Gasteiger partial charge in [-0.25, -0.2) is 0 Å². The standard InChI is InChI=1S/C20H24N2O2/c1-24-12-6-7-17-15(10-12)19(23)11-18-20-14(8-9-22(17)18)13-4-2-3-5-16(13)21-20/h2-5,12,15,17-18,21H,6-11H2,1H3. The minimum absolute atomic E-state index is 0.172. The summed E-state index contributed by atoms with van der Waals surface area (Å²) in [5.74, 6) is 0.611. The summed E-state index contributed by atoms with van der Waals surface area (Å²) in [5.41, 5.74) is 3.94. The van der Waals surface area contributed by atoms with E-state index in [9.17, 15) is 4.79 Å². The fraction of sp³-hybridized carbons (Fsp3) is 0.550. The Morgan fingerprint density at radius 2 is 2.12 bits per heavy atom. The number of Topliss-reactive ketones (excluding diaryl/α,β-unsaturated/α-hetero) is 1. The van der Waals surface area contributed by atoms with E-state index in [4.69, 9.17) is 4.74 Å². The number of benzene rings is 1. The highest BCUT2D eigenvalue weighted by Gasteiger charge is 2.47. The van der Waals surface area contributed by atoms with Crippen molar-refractivity contribution in [3.8, 4) is 0 Å². The third-order valence-corrected chi connectivity index (χ3v) is 6.53. The van der Waals surface area contributed by atoms with E-state index in [1.165, 1.54) is 22.2 Å². The number of hydrogen-bond acceptors (Lipinski definition) is 3. The molecule has 4 atom stereocenters. The van der Waals surface area contributed by atoms with Crippen LogP contribution in [0.1, 0.15) is 43.0 Å². The average molecular weight is 324 g/mol. The normalized spacial score (nSPS) is 33.1. The Bertz CT molecular complexity index is 796. The lowest BCUT2D eigenvalue weighted by molar-refractivity contribution is -0.138. The molecule has 2 aromatic rings. The molecule has 3 heterocycles. The summed E-state index contributed by atoms with van der Waals surface area (Å²) in [6.07, 6.45) is 5.07. The van der Waals surface area contributed by atoms with Crippen LogP contribution in [0.5, 0.6) is 0 Å². The van der Waals surface area contributed by atoms with Crippen LogP contribution in [-0.4, -0.2) is 41.5 Å². The number of nitrogens with one attached hydrogen (secondary N) is 1. The molecule has 126 valence electrons. The van der Waals surface area contributed by atoms with Crippen LogP contribution in [0.25, 0.3) is 10.9 Å². The number of H-pyrrole nitrogens is 1. The molecule has 5 rings (SSSR count). The molecule has 0 spiro atoms. The van der Waals surface area contributed by atoms with Crippen molar-refractivity contribution in [1.29, 1.82) is 0 Å². The van der Waals surface area contributed by atoms with Gasteiger partial charge in [-0.05, 0) is 37.3 Å². The van der Waals surface area contributed by atoms with Crippen molar-refractivity contribution in [3.05, 3.63) is 35.5 Å². The van der Waals surface area contributed by atoms with Gasteiger partial charge in [-0.15, -0.1) is 0 Å². The first-order valence-electron chi connectivity index (χ1n) is 9.17. The number of para-hydroxylation sites is 1. The lowest BCUT2D eigenvalue weighted by Crippen LogP contribution is -2.56. The summed E-state index contributed by atoms with van der Waals surface area (Å²) in [4.78, 5) is 19.1. The zero-order chi connectivity index (χ0) is 16.3. The second-order valence-corrected chi connectivity index (χ2v) is 7.58. The molecule has 4 nitrogen and oxygen atoms in total. The molecule has 1 saturated heterocycles. The first-order valence-corrected chi connectivity index (χ1v) is 9.17. The first-order chi connectivity index (χ1) is 11.8. The monoisotopic (exact) mass is 324 g/mol. The van der Waals surface area contributed by atoms with Gasteiger partial charge in [-0.2, -0.15) is 0 Å². The summed E-state index contributed by atoms with van der Waals surface area (Å²) < 4.78 is 5.54. The predicted molar refractivity (Wildman–Crippen MR) is 93.0 cm³/mol. The van der Waals surface area contributed by atoms with Gasteiger partial charge in [0.25, 0.3) is 0 Å². The maximum absolute atomic E-state index is 12.9. The number of nitrogens with zero attached hydrogens (tertiary/aromatic N) is 1. The number of ketones is 1. The molecule has 1 aromatic carbocycles. The van der Waals surface area contributed by atoms with Gasteiger partial charge in [0.05, 0.1) is 12.1 Å². The molecular formula is C20H24N2O2. The molecule has 24 heavy (non-hydrogen) atoms. The predicted octanol–water partition coefficient (Wildman–Crippen LogP) is 3.22. The Labute approximate surface area is 142 Å². The van der Waals surface area contributed by atoms with Crippen LogP contribution >= 0.6 is 0 Å². The molecule has 4 heteroatoms. The molecule has 2 aliphatic heterocycles. The van der Waals surface area contributed by atoms with Gasteiger partial charge in [0, 0.05) is 48.6 Å². The lowest BCUT2D eigenvalue weighted by Gasteiger charge is -2.50. The molecule has 1 N–H and O–H groups in total. The third-order valence-electron chi connectivity index (χ3n) is 6.53. The second kappa shape index (κ2) is 5.43. The second-order valence-electron chi connectivity index (χ2n) is 7.58. The largest absolute Gasteiger partial charge is 0.381 e. The molecule has 3 aliphatic rings. The molecule has 1 saturated carbocycles. The maximum atomic E-state index is 12.9. The summed E-state index contributed by atoms with van der Waals surface area (Å²) in [5, 5.41) is 1.34. The van der Waals surface area contributed by atoms with Crippen LogP contribution in [0, 0.1) is 5.92 Å². The van der Waals surface area contributed by atoms with Crippen molar-refractivity contribution in [2.45, 2.75) is 50.3 Å². The number of rotatable bonds is 1. The Morgan fingerprint density at radius 1 is 1.25 bits per heavy atom. The van der Waals surface area contributed by atoms with Crippen LogP contribution in [0.15, 0.2) is 24.3 Å². The Morgan fingerprint density at radius 3 is 3.00 bits per heavy atom. The molecule has 2 fully saturated rings. The molecule has 4 unspecified atom stereocenters. The average Bonchev–Trinajstić information content (AvgIpc) is 3.01. The Hall–Kier alpha value is -1.65. The van der Waals surface area contributed by atoms with Crippen LogP contribution in [-0.2, 0) is 16.0 Å². The van der Waals surface area contributed by atoms with Crippen molar-refractivity contribution >= 4 is 16.7 Å². The molecule has 1 aromatic heterocycles. The fourth-order valence-electron chi connectivity index (χ4n) is 5.37. The lowest BCUT2D eigenvalue weighted by atomic mass is 9.72. The first kappa shape index (κ1) is 14.7. The summed E-state index contributed by atoms with van der Waals surface area (Å²) in [6, 6.07) is 9.19. The summed E-state index contributed by atoms with van der Waals surface area (Å²) in [7, 11) is 1.78. The minimum Gasteiger partial charge on any atom is -0.381 e. The van der Waals surface area contributed by atoms with Gasteiger partial charge in [0.1, 0.15) is 5.78 Å². The number of carbonyl (C=O) groups is 1. The van der Waals surface area contributed by atoms with E-state index in [-0.39, 0.29) is 18.1 Å². The molecule has 0 bridgehead atoms. The quantitative estimate of drug-likeness (QED) is 0.876. The van der Waals surface area contributed by atoms with Crippen LogP contribution in [0.2, 0.25) is 0 Å². The van der Waals surface area contributed by atoms with E-state index in [2.05, 4.69) is 34.1 Å². The maximum Gasteiger partial charge on any atom is 0.139 e. The van der Waals surface area contributed by atoms with Crippen molar-refractivity contribution < 1.29 is 9.53 Å². The van der Waals surface area contributed by atoms with Crippen molar-refractivity contribution in [1.82, 2.24) is 9.88 Å². The SMILES string of the molecule is COC1CCC2C(C1)C(=O)CC1c3[nH]c4ccccc4c3CCN12. The highest BCUT2D eigenvalue weighted by atomic mass is 16.5. The van der Waals surface area contributed by atoms with Gasteiger partial charge in [0.15, 0.2) is 0 Å². The number of hydrogen-bond donors (Lipinski definition) is 1. The number of fused-ring (bicyclic) bond motifs is 7. The number of methoxy groups -OCH3 is 1. The number of aromatic nitrogens is 1. The van der Waals surface area contributed by atoms with Gasteiger partial charge in [0.2, 0.25) is 0 Å². The van der Waals surface area contributed by atoms with Crippen molar-refractivity contribution in [2.75, 3.05) is 13.7 Å². The van der Waals surface area contributed by atoms with Crippen LogP contribution < -0.4 is 0 Å². The number of piperidine rings is 1. The number of aromatic amines is 1. The van der Waals surface area contributed by atoms with E-state index in [1.807, 2.05) is 0 Å². The molecular weight excluding hydrogens is 300 g/mol. The number of carbonyl (C=O) groups excluding carboxylic acids is 1. The van der Waals surface area contributed by atoms with Gasteiger partial charge < -0.3 is 9.72 Å². The molecule has 0 amide bonds. The zero-order valence-corrected chi connectivity index (χ0v) is 14.1. The van der Waals surface area contributed by atoms with E-state index in [0.29, 0.717) is 18.2 Å². The van der Waals surface area contributed by atoms with E-state index in [1.54, 1.807) is 7.11 Å². The van der Waals surface area contributed by atoms with E-state index >= 15 is 0 Å². The van der Waals surface area contributed by atoms with Gasteiger partial charge in [-0.3, -0.25) is 9.69 Å². The van der Waals surface area contributed by atoms with Gasteiger partial charge in [-0.1, -0.05) is 18.2 Å². The van der Waals surface area contributed by atoms with Crippen molar-refractivity contribution in [3.63, 3.8) is 0 Å². The zero-order valence-electron chi connectivity index (χ0n) is 14.1. The molecule has 1 aliphatic carbocycles. The van der Waals surface area contributed by atoms with E-state index in [0.717, 1.165) is 32.2 Å². The Balaban J connectivity index is 1.53. The number of ether oxygens (including phenoxy) is 1. The minimum atomic E-state index is 0.172. The van der Waals surface area contributed by atoms with Crippen LogP contribution in [0.4, 0.5) is 0 Å². The summed E-state index contributed by atoms with van der Waals surface area (Å²) in [6.45, 7) is 1.08. The van der Waals surface area contributed by atoms with E-state index < -0.39 is 0 Å². The fourth-order valence-corrected chi connectivity index (χ4v) is 5.37. The topological polar surface area (TPSA) is 45.3 Å². The third kappa shape index (κ3) is 2.02. The summed E-state index contributed by atoms with van der Waals surface area (Å²) >= 11 is 0. The van der Waals surface area contributed by atoms with Gasteiger partial charge >= 0.3 is 0 Å². The highest BCUT2D eigenvalue weighted by Crippen LogP contribution is 2.45.